The molecule has 2 atom stereocenters. The lowest BCUT2D eigenvalue weighted by atomic mass is 9.84. The number of carbonyl (C=O) groups is 2. The summed E-state index contributed by atoms with van der Waals surface area (Å²) in [6.45, 7) is 4.46. The minimum absolute atomic E-state index is 0.157. The Kier molecular flexibility index (Phi) is 4.53. The van der Waals surface area contributed by atoms with E-state index in [9.17, 15) is 9.59 Å². The number of amides is 2. The van der Waals surface area contributed by atoms with Crippen molar-refractivity contribution in [3.8, 4) is 0 Å². The van der Waals surface area contributed by atoms with Crippen LogP contribution >= 0.6 is 0 Å². The van der Waals surface area contributed by atoms with Crippen LogP contribution in [-0.4, -0.2) is 47.3 Å². The average Bonchev–Trinajstić information content (AvgIpc) is 2.91. The average molecular weight is 340 g/mol. The van der Waals surface area contributed by atoms with Crippen LogP contribution in [0.3, 0.4) is 0 Å². The molecule has 4 heteroatoms. The van der Waals surface area contributed by atoms with Crippen LogP contribution in [-0.2, 0) is 11.2 Å². The fourth-order valence-electron chi connectivity index (χ4n) is 4.62. The molecule has 0 N–H and O–H groups in total. The molecule has 4 nitrogen and oxygen atoms in total. The Morgan fingerprint density at radius 3 is 2.56 bits per heavy atom. The van der Waals surface area contributed by atoms with E-state index in [4.69, 9.17) is 0 Å². The van der Waals surface area contributed by atoms with Crippen LogP contribution in [0.15, 0.2) is 24.3 Å². The zero-order chi connectivity index (χ0) is 17.4. The van der Waals surface area contributed by atoms with Gasteiger partial charge in [0.25, 0.3) is 5.91 Å². The van der Waals surface area contributed by atoms with Crippen molar-refractivity contribution < 1.29 is 9.59 Å². The van der Waals surface area contributed by atoms with Crippen molar-refractivity contribution in [2.45, 2.75) is 51.5 Å². The molecule has 0 unspecified atom stereocenters. The Labute approximate surface area is 150 Å². The Bertz CT molecular complexity index is 668. The number of carbonyl (C=O) groups excluding carboxylic acids is 2. The van der Waals surface area contributed by atoms with Gasteiger partial charge in [-0.05, 0) is 49.7 Å². The summed E-state index contributed by atoms with van der Waals surface area (Å²) in [6.07, 6.45) is 6.33. The van der Waals surface area contributed by atoms with E-state index in [0.717, 1.165) is 62.9 Å². The number of piperidine rings is 1. The predicted molar refractivity (Wildman–Crippen MR) is 97.3 cm³/mol. The van der Waals surface area contributed by atoms with E-state index < -0.39 is 0 Å². The molecule has 134 valence electrons. The third-order valence-electron chi connectivity index (χ3n) is 6.37. The van der Waals surface area contributed by atoms with E-state index in [1.165, 1.54) is 6.42 Å². The smallest absolute Gasteiger partial charge is 0.254 e. The minimum Gasteiger partial charge on any atom is -0.340 e. The van der Waals surface area contributed by atoms with Gasteiger partial charge in [0.15, 0.2) is 0 Å². The van der Waals surface area contributed by atoms with Gasteiger partial charge in [0.1, 0.15) is 0 Å². The van der Waals surface area contributed by atoms with Crippen LogP contribution in [0.2, 0.25) is 0 Å². The lowest BCUT2D eigenvalue weighted by molar-refractivity contribution is -0.138. The van der Waals surface area contributed by atoms with Crippen molar-refractivity contribution in [3.63, 3.8) is 0 Å². The third kappa shape index (κ3) is 3.07. The number of rotatable bonds is 3. The summed E-state index contributed by atoms with van der Waals surface area (Å²) in [4.78, 5) is 30.1. The van der Waals surface area contributed by atoms with Crippen molar-refractivity contribution >= 4 is 11.8 Å². The van der Waals surface area contributed by atoms with Crippen molar-refractivity contribution in [3.05, 3.63) is 35.4 Å². The maximum Gasteiger partial charge on any atom is 0.254 e. The van der Waals surface area contributed by atoms with E-state index in [1.54, 1.807) is 0 Å². The van der Waals surface area contributed by atoms with Gasteiger partial charge >= 0.3 is 0 Å². The molecule has 1 aliphatic carbocycles. The number of nitrogens with zero attached hydrogens (tertiary/aromatic N) is 2. The number of fused-ring (bicyclic) bond motifs is 4. The Morgan fingerprint density at radius 1 is 1.04 bits per heavy atom. The van der Waals surface area contributed by atoms with Gasteiger partial charge in [-0.3, -0.25) is 9.59 Å². The van der Waals surface area contributed by atoms with Gasteiger partial charge in [-0.2, -0.15) is 0 Å². The molecule has 5 rings (SSSR count). The second-order valence-corrected chi connectivity index (χ2v) is 7.94. The quantitative estimate of drug-likeness (QED) is 0.848. The second kappa shape index (κ2) is 6.81. The van der Waals surface area contributed by atoms with Crippen LogP contribution in [0.1, 0.15) is 54.9 Å². The van der Waals surface area contributed by atoms with Crippen LogP contribution < -0.4 is 0 Å². The lowest BCUT2D eigenvalue weighted by Crippen LogP contribution is -2.48. The fourth-order valence-corrected chi connectivity index (χ4v) is 4.62. The molecule has 3 saturated heterocycles. The summed E-state index contributed by atoms with van der Waals surface area (Å²) in [6, 6.07) is 8.14. The van der Waals surface area contributed by atoms with Gasteiger partial charge in [0.05, 0.1) is 0 Å². The predicted octanol–water partition coefficient (Wildman–Crippen LogP) is 3.11. The summed E-state index contributed by atoms with van der Waals surface area (Å²) in [7, 11) is 0. The molecule has 25 heavy (non-hydrogen) atoms. The molecule has 0 spiro atoms. The maximum atomic E-state index is 13.2. The summed E-state index contributed by atoms with van der Waals surface area (Å²) >= 11 is 0. The first-order valence-electron chi connectivity index (χ1n) is 9.85. The van der Waals surface area contributed by atoms with Gasteiger partial charge in [-0.1, -0.05) is 31.5 Å². The number of aryl methyl sites for hydroxylation is 1. The highest BCUT2D eigenvalue weighted by Gasteiger charge is 2.41. The topological polar surface area (TPSA) is 40.6 Å². The van der Waals surface area contributed by atoms with Crippen LogP contribution in [0.4, 0.5) is 0 Å². The molecule has 2 amide bonds. The van der Waals surface area contributed by atoms with Crippen LogP contribution in [0.25, 0.3) is 0 Å². The molecule has 4 fully saturated rings. The normalized spacial score (nSPS) is 26.3. The van der Waals surface area contributed by atoms with Crippen molar-refractivity contribution in [1.29, 1.82) is 0 Å². The zero-order valence-electron chi connectivity index (χ0n) is 15.1. The van der Waals surface area contributed by atoms with Crippen molar-refractivity contribution in [2.24, 2.45) is 11.8 Å². The number of hydrogen-bond acceptors (Lipinski definition) is 2. The van der Waals surface area contributed by atoms with Gasteiger partial charge in [-0.15, -0.1) is 0 Å². The van der Waals surface area contributed by atoms with Gasteiger partial charge in [0, 0.05) is 37.2 Å². The maximum absolute atomic E-state index is 13.2. The molecule has 3 heterocycles. The molecule has 1 aromatic carbocycles. The second-order valence-electron chi connectivity index (χ2n) is 7.94. The SMILES string of the molecule is CCc1ccccc1C(=O)N1C[C@H]2CC[C@@H]1CN(C(=O)C1CCC1)C2. The molecule has 1 aromatic rings. The third-order valence-corrected chi connectivity index (χ3v) is 6.37. The number of hydrogen-bond donors (Lipinski definition) is 0. The highest BCUT2D eigenvalue weighted by molar-refractivity contribution is 5.96. The van der Waals surface area contributed by atoms with Crippen molar-refractivity contribution in [2.75, 3.05) is 19.6 Å². The van der Waals surface area contributed by atoms with Gasteiger partial charge < -0.3 is 9.80 Å². The molecule has 2 bridgehead atoms. The Hall–Kier alpha value is -1.84. The minimum atomic E-state index is 0.157. The summed E-state index contributed by atoms with van der Waals surface area (Å²) < 4.78 is 0. The van der Waals surface area contributed by atoms with E-state index in [2.05, 4.69) is 22.8 Å². The largest absolute Gasteiger partial charge is 0.340 e. The molecule has 0 radical (unpaired) electrons. The van der Waals surface area contributed by atoms with Gasteiger partial charge in [-0.25, -0.2) is 0 Å². The first-order valence-corrected chi connectivity index (χ1v) is 9.85. The molecule has 1 saturated carbocycles. The number of benzene rings is 1. The Morgan fingerprint density at radius 2 is 1.84 bits per heavy atom. The van der Waals surface area contributed by atoms with Crippen LogP contribution in [0.5, 0.6) is 0 Å². The molecule has 3 aliphatic heterocycles. The van der Waals surface area contributed by atoms with Crippen molar-refractivity contribution in [1.82, 2.24) is 9.80 Å². The van der Waals surface area contributed by atoms with E-state index in [0.29, 0.717) is 11.8 Å². The molecular formula is C21H28N2O2. The summed E-state index contributed by atoms with van der Waals surface area (Å²) in [5.74, 6) is 1.18. The summed E-state index contributed by atoms with van der Waals surface area (Å²) in [5.41, 5.74) is 1.96. The first kappa shape index (κ1) is 16.6. The van der Waals surface area contributed by atoms with Gasteiger partial charge in [0.2, 0.25) is 5.91 Å². The zero-order valence-corrected chi connectivity index (χ0v) is 15.1. The monoisotopic (exact) mass is 340 g/mol. The highest BCUT2D eigenvalue weighted by Crippen LogP contribution is 2.33. The Balaban J connectivity index is 1.54. The van der Waals surface area contributed by atoms with Crippen LogP contribution in [0, 0.1) is 11.8 Å². The highest BCUT2D eigenvalue weighted by atomic mass is 16.2. The lowest BCUT2D eigenvalue weighted by Gasteiger charge is -2.36. The molecule has 4 aliphatic rings. The summed E-state index contributed by atoms with van der Waals surface area (Å²) in [5, 5.41) is 0. The van der Waals surface area contributed by atoms with E-state index in [1.807, 2.05) is 18.2 Å². The molecule has 0 aromatic heterocycles. The van der Waals surface area contributed by atoms with E-state index >= 15 is 0 Å². The standard InChI is InChI=1S/C21H28N2O2/c1-2-16-6-3-4-9-19(16)21(25)23-13-15-10-11-18(23)14-22(12-15)20(24)17-7-5-8-17/h3-4,6,9,15,17-18H,2,5,7-8,10-14H2,1H3/t15-,18+/m0/s1. The first-order chi connectivity index (χ1) is 12.2. The molecular weight excluding hydrogens is 312 g/mol. The fraction of sp³-hybridized carbons (Fsp3) is 0.619. The van der Waals surface area contributed by atoms with E-state index in [-0.39, 0.29) is 17.9 Å².